The number of hydrogen-bond acceptors (Lipinski definition) is 2. The van der Waals surface area contributed by atoms with Gasteiger partial charge in [0.05, 0.1) is 12.0 Å². The monoisotopic (exact) mass is 290 g/mol. The molecule has 2 aliphatic rings. The number of rotatable bonds is 4. The van der Waals surface area contributed by atoms with E-state index in [0.717, 1.165) is 44.3 Å². The molecular weight excluding hydrogens is 267 g/mol. The van der Waals surface area contributed by atoms with Gasteiger partial charge in [0.15, 0.2) is 0 Å². The summed E-state index contributed by atoms with van der Waals surface area (Å²) in [5.41, 5.74) is 1.03. The Labute approximate surface area is 125 Å². The molecule has 3 rings (SSSR count). The van der Waals surface area contributed by atoms with Gasteiger partial charge in [-0.2, -0.15) is 0 Å². The molecule has 1 aliphatic heterocycles. The topological polar surface area (TPSA) is 41.1 Å². The first-order chi connectivity index (χ1) is 10.2. The SMILES string of the molecule is O=C(NC(c1ccc(F)cc1)C1CCC1)C1CCCNC1. The van der Waals surface area contributed by atoms with Crippen LogP contribution in [0.4, 0.5) is 4.39 Å². The summed E-state index contributed by atoms with van der Waals surface area (Å²) in [6.45, 7) is 1.78. The predicted molar refractivity (Wildman–Crippen MR) is 80.2 cm³/mol. The average molecular weight is 290 g/mol. The lowest BCUT2D eigenvalue weighted by atomic mass is 9.77. The highest BCUT2D eigenvalue weighted by Crippen LogP contribution is 2.38. The van der Waals surface area contributed by atoms with Crippen molar-refractivity contribution in [3.05, 3.63) is 35.6 Å². The molecule has 1 aliphatic carbocycles. The number of hydrogen-bond donors (Lipinski definition) is 2. The lowest BCUT2D eigenvalue weighted by molar-refractivity contribution is -0.126. The summed E-state index contributed by atoms with van der Waals surface area (Å²) in [6.07, 6.45) is 5.53. The molecule has 2 fully saturated rings. The van der Waals surface area contributed by atoms with E-state index in [1.54, 1.807) is 12.1 Å². The molecule has 1 saturated carbocycles. The number of amides is 1. The fourth-order valence-electron chi connectivity index (χ4n) is 3.26. The minimum absolute atomic E-state index is 0.0359. The van der Waals surface area contributed by atoms with Crippen LogP contribution in [0.5, 0.6) is 0 Å². The summed E-state index contributed by atoms with van der Waals surface area (Å²) < 4.78 is 13.1. The van der Waals surface area contributed by atoms with Crippen molar-refractivity contribution in [3.8, 4) is 0 Å². The van der Waals surface area contributed by atoms with E-state index in [9.17, 15) is 9.18 Å². The van der Waals surface area contributed by atoms with Crippen LogP contribution in [0.25, 0.3) is 0 Å². The van der Waals surface area contributed by atoms with Gasteiger partial charge in [0, 0.05) is 6.54 Å². The quantitative estimate of drug-likeness (QED) is 0.895. The number of benzene rings is 1. The van der Waals surface area contributed by atoms with Crippen LogP contribution in [-0.4, -0.2) is 19.0 Å². The number of nitrogens with one attached hydrogen (secondary N) is 2. The molecule has 1 aromatic rings. The Morgan fingerprint density at radius 3 is 2.52 bits per heavy atom. The molecule has 2 atom stereocenters. The Kier molecular flexibility index (Phi) is 4.54. The molecule has 4 heteroatoms. The smallest absolute Gasteiger partial charge is 0.224 e. The summed E-state index contributed by atoms with van der Waals surface area (Å²) in [4.78, 5) is 12.5. The van der Waals surface area contributed by atoms with Crippen LogP contribution in [0, 0.1) is 17.7 Å². The molecule has 0 radical (unpaired) electrons. The predicted octanol–water partition coefficient (Wildman–Crippen LogP) is 2.78. The van der Waals surface area contributed by atoms with Crippen molar-refractivity contribution in [2.45, 2.75) is 38.1 Å². The summed E-state index contributed by atoms with van der Waals surface area (Å²) in [5.74, 6) is 0.482. The standard InChI is InChI=1S/C17H23FN2O/c18-15-8-6-13(7-9-15)16(12-3-1-4-12)20-17(21)14-5-2-10-19-11-14/h6-9,12,14,16,19H,1-5,10-11H2,(H,20,21). The molecule has 114 valence electrons. The molecular formula is C17H23FN2O. The lowest BCUT2D eigenvalue weighted by Crippen LogP contribution is -2.44. The van der Waals surface area contributed by atoms with E-state index in [-0.39, 0.29) is 23.7 Å². The maximum absolute atomic E-state index is 13.1. The summed E-state index contributed by atoms with van der Waals surface area (Å²) in [6, 6.07) is 6.61. The number of piperidine rings is 1. The third-order valence-electron chi connectivity index (χ3n) is 4.82. The highest BCUT2D eigenvalue weighted by molar-refractivity contribution is 5.79. The zero-order valence-electron chi connectivity index (χ0n) is 12.3. The molecule has 2 unspecified atom stereocenters. The van der Waals surface area contributed by atoms with Crippen LogP contribution in [0.3, 0.4) is 0 Å². The largest absolute Gasteiger partial charge is 0.349 e. The minimum Gasteiger partial charge on any atom is -0.349 e. The molecule has 2 N–H and O–H groups in total. The summed E-state index contributed by atoms with van der Waals surface area (Å²) >= 11 is 0. The number of halogens is 1. The molecule has 0 spiro atoms. The van der Waals surface area contributed by atoms with E-state index in [2.05, 4.69) is 10.6 Å². The fraction of sp³-hybridized carbons (Fsp3) is 0.588. The molecule has 1 heterocycles. The number of carbonyl (C=O) groups is 1. The van der Waals surface area contributed by atoms with Gasteiger partial charge >= 0.3 is 0 Å². The normalized spacial score (nSPS) is 24.1. The first kappa shape index (κ1) is 14.5. The van der Waals surface area contributed by atoms with Gasteiger partial charge in [0.2, 0.25) is 5.91 Å². The highest BCUT2D eigenvalue weighted by atomic mass is 19.1. The second-order valence-electron chi connectivity index (χ2n) is 6.27. The van der Waals surface area contributed by atoms with E-state index in [1.807, 2.05) is 0 Å². The molecule has 1 aromatic carbocycles. The van der Waals surface area contributed by atoms with Crippen LogP contribution in [0.15, 0.2) is 24.3 Å². The Bertz CT molecular complexity index is 478. The van der Waals surface area contributed by atoms with Crippen LogP contribution < -0.4 is 10.6 Å². The van der Waals surface area contributed by atoms with Crippen LogP contribution in [0.1, 0.15) is 43.7 Å². The maximum atomic E-state index is 13.1. The van der Waals surface area contributed by atoms with Crippen molar-refractivity contribution < 1.29 is 9.18 Å². The van der Waals surface area contributed by atoms with E-state index >= 15 is 0 Å². The Hall–Kier alpha value is -1.42. The van der Waals surface area contributed by atoms with Crippen LogP contribution in [0.2, 0.25) is 0 Å². The molecule has 1 saturated heterocycles. The first-order valence-electron chi connectivity index (χ1n) is 8.00. The van der Waals surface area contributed by atoms with Gasteiger partial charge < -0.3 is 10.6 Å². The van der Waals surface area contributed by atoms with Crippen molar-refractivity contribution in [1.29, 1.82) is 0 Å². The third-order valence-corrected chi connectivity index (χ3v) is 4.82. The third kappa shape index (κ3) is 3.43. The van der Waals surface area contributed by atoms with Gasteiger partial charge in [-0.3, -0.25) is 4.79 Å². The minimum atomic E-state index is -0.228. The first-order valence-corrected chi connectivity index (χ1v) is 8.00. The maximum Gasteiger partial charge on any atom is 0.224 e. The van der Waals surface area contributed by atoms with E-state index in [4.69, 9.17) is 0 Å². The highest BCUT2D eigenvalue weighted by Gasteiger charge is 2.31. The zero-order valence-corrected chi connectivity index (χ0v) is 12.3. The van der Waals surface area contributed by atoms with Gasteiger partial charge in [0.1, 0.15) is 5.82 Å². The Morgan fingerprint density at radius 2 is 1.95 bits per heavy atom. The van der Waals surface area contributed by atoms with Crippen molar-refractivity contribution in [1.82, 2.24) is 10.6 Å². The molecule has 0 aromatic heterocycles. The fourth-order valence-corrected chi connectivity index (χ4v) is 3.26. The molecule has 3 nitrogen and oxygen atoms in total. The van der Waals surface area contributed by atoms with Crippen molar-refractivity contribution in [2.24, 2.45) is 11.8 Å². The average Bonchev–Trinajstić information content (AvgIpc) is 2.46. The van der Waals surface area contributed by atoms with Crippen LogP contribution >= 0.6 is 0 Å². The van der Waals surface area contributed by atoms with Gasteiger partial charge in [-0.1, -0.05) is 18.6 Å². The summed E-state index contributed by atoms with van der Waals surface area (Å²) in [5, 5.41) is 6.51. The molecule has 1 amide bonds. The van der Waals surface area contributed by atoms with E-state index in [0.29, 0.717) is 5.92 Å². The van der Waals surface area contributed by atoms with E-state index in [1.165, 1.54) is 18.6 Å². The van der Waals surface area contributed by atoms with Crippen molar-refractivity contribution in [2.75, 3.05) is 13.1 Å². The number of carbonyl (C=O) groups excluding carboxylic acids is 1. The van der Waals surface area contributed by atoms with Crippen LogP contribution in [-0.2, 0) is 4.79 Å². The van der Waals surface area contributed by atoms with E-state index < -0.39 is 0 Å². The second-order valence-corrected chi connectivity index (χ2v) is 6.27. The van der Waals surface area contributed by atoms with Crippen molar-refractivity contribution in [3.63, 3.8) is 0 Å². The van der Waals surface area contributed by atoms with Gasteiger partial charge in [0.25, 0.3) is 0 Å². The Morgan fingerprint density at radius 1 is 1.19 bits per heavy atom. The molecule has 21 heavy (non-hydrogen) atoms. The van der Waals surface area contributed by atoms with Gasteiger partial charge in [-0.25, -0.2) is 4.39 Å². The lowest BCUT2D eigenvalue weighted by Gasteiger charge is -2.36. The molecule has 0 bridgehead atoms. The van der Waals surface area contributed by atoms with Gasteiger partial charge in [-0.05, 0) is 55.8 Å². The van der Waals surface area contributed by atoms with Gasteiger partial charge in [-0.15, -0.1) is 0 Å². The summed E-state index contributed by atoms with van der Waals surface area (Å²) in [7, 11) is 0. The Balaban J connectivity index is 1.70. The van der Waals surface area contributed by atoms with Crippen molar-refractivity contribution >= 4 is 5.91 Å². The second kappa shape index (κ2) is 6.56. The zero-order chi connectivity index (χ0) is 14.7.